The zero-order valence-electron chi connectivity index (χ0n) is 16.1. The number of rotatable bonds is 7. The zero-order valence-corrected chi connectivity index (χ0v) is 16.1. The fourth-order valence-corrected chi connectivity index (χ4v) is 3.31. The lowest BCUT2D eigenvalue weighted by Gasteiger charge is -2.35. The second kappa shape index (κ2) is 8.73. The molecule has 2 heterocycles. The predicted octanol–water partition coefficient (Wildman–Crippen LogP) is 3.29. The maximum absolute atomic E-state index is 12.4. The van der Waals surface area contributed by atoms with Crippen LogP contribution in [0.3, 0.4) is 0 Å². The van der Waals surface area contributed by atoms with Gasteiger partial charge < -0.3 is 20.1 Å². The maximum atomic E-state index is 12.4. The minimum Gasteiger partial charge on any atom is -0.481 e. The number of nitrogens with two attached hydrogens (primary N) is 1. The fourth-order valence-electron chi connectivity index (χ4n) is 3.31. The number of methoxy groups -OCH3 is 1. The summed E-state index contributed by atoms with van der Waals surface area (Å²) >= 11 is 0. The second-order valence-corrected chi connectivity index (χ2v) is 6.88. The molecule has 7 heteroatoms. The molecule has 7 nitrogen and oxygen atoms in total. The maximum Gasteiger partial charge on any atom is 0.410 e. The van der Waals surface area contributed by atoms with Crippen LogP contribution in [0, 0.1) is 0 Å². The third kappa shape index (κ3) is 4.60. The van der Waals surface area contributed by atoms with Gasteiger partial charge in [-0.3, -0.25) is 4.79 Å². The number of aromatic nitrogens is 1. The number of hydrogen-bond acceptors (Lipinski definition) is 5. The standard InChI is InChI=1S/C21H25N3O4/c1-14(24-12-11-18(28-21(24)26)8-9-19(22)25)15-3-5-16(6-4-15)17-7-10-20(27-2)23-13-17/h3-7,10,13-14,18H,8-9,11-12H2,1-2H3,(H2,22,25). The van der Waals surface area contributed by atoms with Crippen LogP contribution >= 0.6 is 0 Å². The first kappa shape index (κ1) is 19.7. The summed E-state index contributed by atoms with van der Waals surface area (Å²) in [5.74, 6) is 0.200. The van der Waals surface area contributed by atoms with E-state index < -0.39 is 0 Å². The summed E-state index contributed by atoms with van der Waals surface area (Å²) in [6.07, 6.45) is 2.58. The SMILES string of the molecule is COc1ccc(-c2ccc(C(C)N3CCC(CCC(N)=O)OC3=O)cc2)cn1. The molecule has 1 aliphatic heterocycles. The van der Waals surface area contributed by atoms with Crippen LogP contribution in [0.25, 0.3) is 11.1 Å². The molecular weight excluding hydrogens is 358 g/mol. The lowest BCUT2D eigenvalue weighted by molar-refractivity contribution is -0.118. The van der Waals surface area contributed by atoms with E-state index in [0.29, 0.717) is 25.3 Å². The molecule has 0 saturated carbocycles. The van der Waals surface area contributed by atoms with Crippen molar-refractivity contribution < 1.29 is 19.1 Å². The van der Waals surface area contributed by atoms with Crippen LogP contribution in [0.5, 0.6) is 5.88 Å². The van der Waals surface area contributed by atoms with Crippen LogP contribution in [0.15, 0.2) is 42.6 Å². The topological polar surface area (TPSA) is 94.8 Å². The van der Waals surface area contributed by atoms with Gasteiger partial charge in [0.05, 0.1) is 13.2 Å². The number of benzene rings is 1. The second-order valence-electron chi connectivity index (χ2n) is 6.88. The molecule has 1 saturated heterocycles. The molecule has 2 amide bonds. The Kier molecular flexibility index (Phi) is 6.13. The molecular formula is C21H25N3O4. The normalized spacial score (nSPS) is 17.7. The largest absolute Gasteiger partial charge is 0.481 e. The fraction of sp³-hybridized carbons (Fsp3) is 0.381. The van der Waals surface area contributed by atoms with Gasteiger partial charge in [0.1, 0.15) is 6.10 Å². The molecule has 1 fully saturated rings. The van der Waals surface area contributed by atoms with Crippen molar-refractivity contribution in [2.24, 2.45) is 5.73 Å². The van der Waals surface area contributed by atoms with Gasteiger partial charge in [0.25, 0.3) is 0 Å². The smallest absolute Gasteiger partial charge is 0.410 e. The molecule has 1 aromatic heterocycles. The van der Waals surface area contributed by atoms with Gasteiger partial charge in [-0.05, 0) is 30.5 Å². The predicted molar refractivity (Wildman–Crippen MR) is 105 cm³/mol. The molecule has 0 radical (unpaired) electrons. The van der Waals surface area contributed by atoms with Gasteiger partial charge in [-0.25, -0.2) is 9.78 Å². The highest BCUT2D eigenvalue weighted by atomic mass is 16.6. The number of carbonyl (C=O) groups is 2. The molecule has 0 bridgehead atoms. The number of nitrogens with zero attached hydrogens (tertiary/aromatic N) is 2. The molecule has 0 spiro atoms. The van der Waals surface area contributed by atoms with E-state index in [1.807, 2.05) is 43.3 Å². The van der Waals surface area contributed by atoms with E-state index in [1.54, 1.807) is 18.2 Å². The first-order valence-electron chi connectivity index (χ1n) is 9.34. The van der Waals surface area contributed by atoms with E-state index in [9.17, 15) is 9.59 Å². The minimum atomic E-state index is -0.376. The number of pyridine rings is 1. The number of cyclic esters (lactones) is 1. The van der Waals surface area contributed by atoms with E-state index in [4.69, 9.17) is 15.2 Å². The monoisotopic (exact) mass is 383 g/mol. The van der Waals surface area contributed by atoms with Crippen molar-refractivity contribution in [3.05, 3.63) is 48.2 Å². The van der Waals surface area contributed by atoms with Crippen molar-refractivity contribution in [2.75, 3.05) is 13.7 Å². The molecule has 2 atom stereocenters. The summed E-state index contributed by atoms with van der Waals surface area (Å²) in [5, 5.41) is 0. The van der Waals surface area contributed by atoms with E-state index in [0.717, 1.165) is 16.7 Å². The lowest BCUT2D eigenvalue weighted by atomic mass is 10.0. The van der Waals surface area contributed by atoms with Crippen molar-refractivity contribution in [3.63, 3.8) is 0 Å². The molecule has 1 aromatic carbocycles. The van der Waals surface area contributed by atoms with Crippen molar-refractivity contribution in [1.82, 2.24) is 9.88 Å². The Morgan fingerprint density at radius 3 is 2.57 bits per heavy atom. The van der Waals surface area contributed by atoms with Crippen molar-refractivity contribution in [2.45, 2.75) is 38.3 Å². The summed E-state index contributed by atoms with van der Waals surface area (Å²) in [7, 11) is 1.59. The van der Waals surface area contributed by atoms with Gasteiger partial charge in [-0.1, -0.05) is 24.3 Å². The number of hydrogen-bond donors (Lipinski definition) is 1. The highest BCUT2D eigenvalue weighted by Crippen LogP contribution is 2.28. The highest BCUT2D eigenvalue weighted by molar-refractivity contribution is 5.74. The van der Waals surface area contributed by atoms with Crippen molar-refractivity contribution in [3.8, 4) is 17.0 Å². The van der Waals surface area contributed by atoms with E-state index in [2.05, 4.69) is 4.98 Å². The number of primary amides is 1. The Morgan fingerprint density at radius 1 is 1.29 bits per heavy atom. The Labute approximate surface area is 164 Å². The molecule has 28 heavy (non-hydrogen) atoms. The van der Waals surface area contributed by atoms with Crippen LogP contribution in [0.4, 0.5) is 4.79 Å². The minimum absolute atomic E-state index is 0.104. The summed E-state index contributed by atoms with van der Waals surface area (Å²) in [4.78, 5) is 29.2. The Morgan fingerprint density at radius 2 is 2.00 bits per heavy atom. The molecule has 0 aliphatic carbocycles. The number of carbonyl (C=O) groups excluding carboxylic acids is 2. The molecule has 2 aromatic rings. The molecule has 2 unspecified atom stereocenters. The van der Waals surface area contributed by atoms with Gasteiger partial charge >= 0.3 is 6.09 Å². The van der Waals surface area contributed by atoms with Crippen molar-refractivity contribution >= 4 is 12.0 Å². The first-order valence-corrected chi connectivity index (χ1v) is 9.34. The van der Waals surface area contributed by atoms with Gasteiger partial charge in [-0.2, -0.15) is 0 Å². The molecule has 1 aliphatic rings. The van der Waals surface area contributed by atoms with Crippen LogP contribution in [-0.4, -0.2) is 41.6 Å². The Hall–Kier alpha value is -3.09. The van der Waals surface area contributed by atoms with Crippen LogP contribution < -0.4 is 10.5 Å². The quantitative estimate of drug-likeness (QED) is 0.792. The van der Waals surface area contributed by atoms with Crippen LogP contribution in [-0.2, 0) is 9.53 Å². The molecule has 148 valence electrons. The summed E-state index contributed by atoms with van der Waals surface area (Å²) in [6, 6.07) is 11.7. The number of ether oxygens (including phenoxy) is 2. The summed E-state index contributed by atoms with van der Waals surface area (Å²) in [6.45, 7) is 2.57. The lowest BCUT2D eigenvalue weighted by Crippen LogP contribution is -2.43. The van der Waals surface area contributed by atoms with Gasteiger partial charge in [-0.15, -0.1) is 0 Å². The average molecular weight is 383 g/mol. The average Bonchev–Trinajstić information content (AvgIpc) is 2.72. The van der Waals surface area contributed by atoms with E-state index in [-0.39, 0.29) is 30.6 Å². The van der Waals surface area contributed by atoms with E-state index >= 15 is 0 Å². The first-order chi connectivity index (χ1) is 13.5. The molecule has 2 N–H and O–H groups in total. The van der Waals surface area contributed by atoms with Gasteiger partial charge in [0, 0.05) is 37.2 Å². The zero-order chi connectivity index (χ0) is 20.1. The van der Waals surface area contributed by atoms with Gasteiger partial charge in [0.15, 0.2) is 0 Å². The Balaban J connectivity index is 1.63. The summed E-state index contributed by atoms with van der Waals surface area (Å²) in [5.41, 5.74) is 8.23. The van der Waals surface area contributed by atoms with Crippen molar-refractivity contribution in [1.29, 1.82) is 0 Å². The Bertz CT molecular complexity index is 821. The van der Waals surface area contributed by atoms with Gasteiger partial charge in [0.2, 0.25) is 11.8 Å². The number of amides is 2. The molecule has 3 rings (SSSR count). The highest BCUT2D eigenvalue weighted by Gasteiger charge is 2.31. The third-order valence-corrected chi connectivity index (χ3v) is 5.05. The van der Waals surface area contributed by atoms with Crippen LogP contribution in [0.1, 0.15) is 37.8 Å². The van der Waals surface area contributed by atoms with Crippen LogP contribution in [0.2, 0.25) is 0 Å². The third-order valence-electron chi connectivity index (χ3n) is 5.05. The summed E-state index contributed by atoms with van der Waals surface area (Å²) < 4.78 is 10.5. The van der Waals surface area contributed by atoms with E-state index in [1.165, 1.54) is 0 Å².